The predicted octanol–water partition coefficient (Wildman–Crippen LogP) is -0.184. The quantitative estimate of drug-likeness (QED) is 0.723. The second kappa shape index (κ2) is 3.93. The molecule has 0 aromatic carbocycles. The number of aromatic nitrogens is 2. The number of aliphatic carboxylic acids is 1. The number of carbonyl (C=O) groups is 1. The fraction of sp³-hybridized carbons (Fsp3) is 0.375. The van der Waals surface area contributed by atoms with Gasteiger partial charge in [-0.2, -0.15) is 0 Å². The van der Waals surface area contributed by atoms with Crippen LogP contribution in [0.5, 0.6) is 0 Å². The van der Waals surface area contributed by atoms with Crippen LogP contribution in [-0.2, 0) is 21.1 Å². The Morgan fingerprint density at radius 3 is 2.53 bits per heavy atom. The van der Waals surface area contributed by atoms with Crippen molar-refractivity contribution >= 4 is 15.8 Å². The minimum absolute atomic E-state index is 0.147. The molecular weight excluding hydrogens is 220 g/mol. The van der Waals surface area contributed by atoms with Crippen molar-refractivity contribution in [2.45, 2.75) is 18.4 Å². The Morgan fingerprint density at radius 2 is 2.07 bits per heavy atom. The van der Waals surface area contributed by atoms with Gasteiger partial charge in [0.05, 0.1) is 12.1 Å². The van der Waals surface area contributed by atoms with Crippen LogP contribution in [0.25, 0.3) is 0 Å². The van der Waals surface area contributed by atoms with Crippen LogP contribution >= 0.6 is 0 Å². The molecule has 15 heavy (non-hydrogen) atoms. The minimum atomic E-state index is -3.43. The van der Waals surface area contributed by atoms with E-state index in [0.29, 0.717) is 0 Å². The summed E-state index contributed by atoms with van der Waals surface area (Å²) in [6, 6.07) is 1.18. The molecule has 0 spiro atoms. The first-order valence-corrected chi connectivity index (χ1v) is 5.94. The van der Waals surface area contributed by atoms with E-state index in [-0.39, 0.29) is 23.0 Å². The maximum Gasteiger partial charge on any atom is 0.309 e. The second-order valence-electron chi connectivity index (χ2n) is 3.09. The molecule has 0 aliphatic rings. The lowest BCUT2D eigenvalue weighted by Crippen LogP contribution is -2.09. The van der Waals surface area contributed by atoms with Crippen molar-refractivity contribution in [3.8, 4) is 0 Å². The van der Waals surface area contributed by atoms with E-state index in [1.54, 1.807) is 0 Å². The van der Waals surface area contributed by atoms with Gasteiger partial charge in [-0.05, 0) is 13.0 Å². The summed E-state index contributed by atoms with van der Waals surface area (Å²) in [6.07, 6.45) is 0.700. The molecule has 0 fully saturated rings. The fourth-order valence-corrected chi connectivity index (χ4v) is 1.68. The topological polar surface area (TPSA) is 97.2 Å². The monoisotopic (exact) mass is 230 g/mol. The molecule has 0 unspecified atom stereocenters. The number of carboxylic acids is 1. The van der Waals surface area contributed by atoms with Gasteiger partial charge >= 0.3 is 5.97 Å². The highest BCUT2D eigenvalue weighted by molar-refractivity contribution is 7.90. The summed E-state index contributed by atoms with van der Waals surface area (Å²) in [6.45, 7) is 1.51. The van der Waals surface area contributed by atoms with Gasteiger partial charge in [-0.15, -0.1) is 0 Å². The van der Waals surface area contributed by atoms with Gasteiger partial charge in [0.15, 0.2) is 14.9 Å². The minimum Gasteiger partial charge on any atom is -0.481 e. The van der Waals surface area contributed by atoms with Gasteiger partial charge in [0, 0.05) is 6.26 Å². The van der Waals surface area contributed by atoms with Crippen molar-refractivity contribution in [3.05, 3.63) is 17.6 Å². The van der Waals surface area contributed by atoms with Gasteiger partial charge in [0.25, 0.3) is 0 Å². The highest BCUT2D eigenvalue weighted by Gasteiger charge is 2.13. The van der Waals surface area contributed by atoms with E-state index >= 15 is 0 Å². The Labute approximate surface area is 86.9 Å². The summed E-state index contributed by atoms with van der Waals surface area (Å²) >= 11 is 0. The lowest BCUT2D eigenvalue weighted by Gasteiger charge is -2.02. The molecule has 0 bridgehead atoms. The average molecular weight is 230 g/mol. The highest BCUT2D eigenvalue weighted by atomic mass is 32.2. The van der Waals surface area contributed by atoms with Crippen LogP contribution in [0, 0.1) is 6.92 Å². The number of nitrogens with zero attached hydrogens (tertiary/aromatic N) is 2. The first-order chi connectivity index (χ1) is 6.79. The number of sulfone groups is 1. The average Bonchev–Trinajstić information content (AvgIpc) is 1.99. The number of rotatable bonds is 3. The summed E-state index contributed by atoms with van der Waals surface area (Å²) < 4.78 is 22.4. The molecular formula is C8H10N2O4S. The van der Waals surface area contributed by atoms with Gasteiger partial charge in [0.2, 0.25) is 0 Å². The van der Waals surface area contributed by atoms with E-state index < -0.39 is 15.8 Å². The Bertz CT molecular complexity index is 495. The van der Waals surface area contributed by atoms with Crippen molar-refractivity contribution in [1.29, 1.82) is 0 Å². The molecule has 1 rings (SSSR count). The van der Waals surface area contributed by atoms with E-state index in [0.717, 1.165) is 6.26 Å². The van der Waals surface area contributed by atoms with Crippen LogP contribution in [0.2, 0.25) is 0 Å². The van der Waals surface area contributed by atoms with Crippen LogP contribution in [-0.4, -0.2) is 35.7 Å². The van der Waals surface area contributed by atoms with Crippen LogP contribution in [0.1, 0.15) is 11.5 Å². The molecule has 0 aliphatic carbocycles. The van der Waals surface area contributed by atoms with Crippen molar-refractivity contribution in [1.82, 2.24) is 9.97 Å². The molecule has 0 radical (unpaired) electrons. The van der Waals surface area contributed by atoms with Crippen molar-refractivity contribution in [3.63, 3.8) is 0 Å². The van der Waals surface area contributed by atoms with Gasteiger partial charge in [-0.3, -0.25) is 4.79 Å². The predicted molar refractivity (Wildman–Crippen MR) is 51.2 cm³/mol. The van der Waals surface area contributed by atoms with Gasteiger partial charge < -0.3 is 5.11 Å². The summed E-state index contributed by atoms with van der Waals surface area (Å²) in [7, 11) is -3.43. The van der Waals surface area contributed by atoms with E-state index in [4.69, 9.17) is 5.11 Å². The van der Waals surface area contributed by atoms with E-state index in [9.17, 15) is 13.2 Å². The molecule has 0 saturated heterocycles. The smallest absolute Gasteiger partial charge is 0.309 e. The lowest BCUT2D eigenvalue weighted by molar-refractivity contribution is -0.136. The third kappa shape index (κ3) is 3.28. The highest BCUT2D eigenvalue weighted by Crippen LogP contribution is 2.08. The zero-order chi connectivity index (χ0) is 11.6. The Kier molecular flexibility index (Phi) is 3.04. The summed E-state index contributed by atoms with van der Waals surface area (Å²) in [5.74, 6) is -0.818. The zero-order valence-electron chi connectivity index (χ0n) is 8.26. The lowest BCUT2D eigenvalue weighted by atomic mass is 10.3. The third-order valence-electron chi connectivity index (χ3n) is 1.58. The molecule has 6 nitrogen and oxygen atoms in total. The van der Waals surface area contributed by atoms with E-state index in [2.05, 4.69) is 9.97 Å². The molecule has 1 aromatic heterocycles. The van der Waals surface area contributed by atoms with Crippen LogP contribution in [0.4, 0.5) is 0 Å². The number of carboxylic acid groups (broad SMARTS) is 1. The Hall–Kier alpha value is -1.50. The third-order valence-corrected chi connectivity index (χ3v) is 2.55. The maximum atomic E-state index is 11.2. The summed E-state index contributed by atoms with van der Waals surface area (Å²) in [4.78, 5) is 18.0. The maximum absolute atomic E-state index is 11.2. The van der Waals surface area contributed by atoms with Crippen LogP contribution in [0.15, 0.2) is 11.1 Å². The standard InChI is InChI=1S/C8H10N2O4S/c1-5-9-6(4-8(11)12)3-7(10-5)15(2,13)14/h3H,4H2,1-2H3,(H,11,12). The van der Waals surface area contributed by atoms with Crippen molar-refractivity contribution < 1.29 is 18.3 Å². The van der Waals surface area contributed by atoms with E-state index in [1.807, 2.05) is 0 Å². The van der Waals surface area contributed by atoms with Gasteiger partial charge in [-0.25, -0.2) is 18.4 Å². The summed E-state index contributed by atoms with van der Waals surface area (Å²) in [5, 5.41) is 8.39. The number of aryl methyl sites for hydroxylation is 1. The van der Waals surface area contributed by atoms with Gasteiger partial charge in [0.1, 0.15) is 5.82 Å². The first-order valence-electron chi connectivity index (χ1n) is 4.05. The van der Waals surface area contributed by atoms with Gasteiger partial charge in [-0.1, -0.05) is 0 Å². The SMILES string of the molecule is Cc1nc(CC(=O)O)cc(S(C)(=O)=O)n1. The fourth-order valence-electron chi connectivity index (χ4n) is 1.03. The molecule has 1 N–H and O–H groups in total. The molecule has 0 aliphatic heterocycles. The Balaban J connectivity index is 3.23. The molecule has 82 valence electrons. The van der Waals surface area contributed by atoms with E-state index in [1.165, 1.54) is 13.0 Å². The largest absolute Gasteiger partial charge is 0.481 e. The molecule has 0 amide bonds. The zero-order valence-corrected chi connectivity index (χ0v) is 9.08. The van der Waals surface area contributed by atoms with Crippen molar-refractivity contribution in [2.24, 2.45) is 0 Å². The summed E-state index contributed by atoms with van der Waals surface area (Å²) in [5.41, 5.74) is 0.190. The number of hydrogen-bond donors (Lipinski definition) is 1. The molecule has 0 saturated carbocycles. The second-order valence-corrected chi connectivity index (χ2v) is 5.05. The molecule has 7 heteroatoms. The first kappa shape index (κ1) is 11.6. The van der Waals surface area contributed by atoms with Crippen LogP contribution in [0.3, 0.4) is 0 Å². The molecule has 1 heterocycles. The molecule has 1 aromatic rings. The molecule has 0 atom stereocenters. The van der Waals surface area contributed by atoms with Crippen molar-refractivity contribution in [2.75, 3.05) is 6.26 Å². The normalized spacial score (nSPS) is 11.3. The van der Waals surface area contributed by atoms with Crippen LogP contribution < -0.4 is 0 Å². The number of hydrogen-bond acceptors (Lipinski definition) is 5. The Morgan fingerprint density at radius 1 is 1.47 bits per heavy atom.